The number of hydrogen-bond donors (Lipinski definition) is 2. The summed E-state index contributed by atoms with van der Waals surface area (Å²) in [6, 6.07) is 3.90. The van der Waals surface area contributed by atoms with E-state index in [-0.39, 0.29) is 5.91 Å². The summed E-state index contributed by atoms with van der Waals surface area (Å²) in [7, 11) is 1.61. The van der Waals surface area contributed by atoms with Gasteiger partial charge in [0.25, 0.3) is 0 Å². The van der Waals surface area contributed by atoms with Gasteiger partial charge in [-0.2, -0.15) is 0 Å². The lowest BCUT2D eigenvalue weighted by molar-refractivity contribution is -0.120. The molecule has 1 rings (SSSR count). The van der Waals surface area contributed by atoms with Crippen molar-refractivity contribution in [3.8, 4) is 0 Å². The topological polar surface area (TPSA) is 63.2 Å². The summed E-state index contributed by atoms with van der Waals surface area (Å²) >= 11 is 0. The van der Waals surface area contributed by atoms with E-state index in [4.69, 9.17) is 4.74 Å². The zero-order valence-electron chi connectivity index (χ0n) is 10.3. The van der Waals surface area contributed by atoms with Crippen molar-refractivity contribution in [2.75, 3.05) is 26.8 Å². The fourth-order valence-corrected chi connectivity index (χ4v) is 1.35. The minimum absolute atomic E-state index is 0.0318. The molecule has 1 aromatic rings. The number of ether oxygens (including phenoxy) is 1. The van der Waals surface area contributed by atoms with E-state index < -0.39 is 0 Å². The normalized spacial score (nSPS) is 10.2. The zero-order valence-corrected chi connectivity index (χ0v) is 10.3. The third-order valence-electron chi connectivity index (χ3n) is 2.32. The highest BCUT2D eigenvalue weighted by Gasteiger charge is 2.01. The quantitative estimate of drug-likeness (QED) is 0.667. The van der Waals surface area contributed by atoms with E-state index in [1.54, 1.807) is 13.3 Å². The summed E-state index contributed by atoms with van der Waals surface area (Å²) in [4.78, 5) is 15.6. The Kier molecular flexibility index (Phi) is 6.21. The van der Waals surface area contributed by atoms with Crippen LogP contribution in [0.3, 0.4) is 0 Å². The highest BCUT2D eigenvalue weighted by molar-refractivity contribution is 5.77. The SMILES string of the molecule is COCCNC(=O)CNCc1ncccc1C. The molecule has 0 aromatic carbocycles. The third-order valence-corrected chi connectivity index (χ3v) is 2.32. The van der Waals surface area contributed by atoms with Crippen LogP contribution in [0.5, 0.6) is 0 Å². The van der Waals surface area contributed by atoms with Gasteiger partial charge in [-0.05, 0) is 18.6 Å². The second kappa shape index (κ2) is 7.76. The second-order valence-electron chi connectivity index (χ2n) is 3.71. The number of aryl methyl sites for hydroxylation is 1. The van der Waals surface area contributed by atoms with Gasteiger partial charge in [0.2, 0.25) is 5.91 Å². The summed E-state index contributed by atoms with van der Waals surface area (Å²) in [5.41, 5.74) is 2.09. The molecule has 0 spiro atoms. The Labute approximate surface area is 102 Å². The Morgan fingerprint density at radius 1 is 1.53 bits per heavy atom. The summed E-state index contributed by atoms with van der Waals surface area (Å²) < 4.78 is 4.84. The van der Waals surface area contributed by atoms with Crippen LogP contribution in [0, 0.1) is 6.92 Å². The van der Waals surface area contributed by atoms with Gasteiger partial charge < -0.3 is 15.4 Å². The molecule has 1 amide bonds. The van der Waals surface area contributed by atoms with Crippen LogP contribution in [0.25, 0.3) is 0 Å². The molecule has 0 bridgehead atoms. The lowest BCUT2D eigenvalue weighted by Crippen LogP contribution is -2.35. The monoisotopic (exact) mass is 237 g/mol. The molecule has 0 saturated carbocycles. The predicted molar refractivity (Wildman–Crippen MR) is 65.6 cm³/mol. The first-order valence-corrected chi connectivity index (χ1v) is 5.61. The number of carbonyl (C=O) groups is 1. The van der Waals surface area contributed by atoms with Crippen LogP contribution in [0.15, 0.2) is 18.3 Å². The molecule has 0 aliphatic rings. The van der Waals surface area contributed by atoms with Crippen LogP contribution in [0.4, 0.5) is 0 Å². The Morgan fingerprint density at radius 3 is 3.06 bits per heavy atom. The van der Waals surface area contributed by atoms with Crippen molar-refractivity contribution in [1.82, 2.24) is 15.6 Å². The largest absolute Gasteiger partial charge is 0.383 e. The highest BCUT2D eigenvalue weighted by atomic mass is 16.5. The van der Waals surface area contributed by atoms with Crippen molar-refractivity contribution in [3.05, 3.63) is 29.6 Å². The Morgan fingerprint density at radius 2 is 2.35 bits per heavy atom. The number of rotatable bonds is 7. The molecule has 94 valence electrons. The second-order valence-corrected chi connectivity index (χ2v) is 3.71. The van der Waals surface area contributed by atoms with E-state index in [0.29, 0.717) is 26.2 Å². The smallest absolute Gasteiger partial charge is 0.234 e. The standard InChI is InChI=1S/C12H19N3O2/c1-10-4-3-5-14-11(10)8-13-9-12(16)15-6-7-17-2/h3-5,13H,6-9H2,1-2H3,(H,15,16). The number of nitrogens with one attached hydrogen (secondary N) is 2. The maximum absolute atomic E-state index is 11.3. The van der Waals surface area contributed by atoms with Gasteiger partial charge in [-0.3, -0.25) is 9.78 Å². The van der Waals surface area contributed by atoms with E-state index in [1.165, 1.54) is 0 Å². The molecule has 17 heavy (non-hydrogen) atoms. The molecule has 5 heteroatoms. The number of nitrogens with zero attached hydrogens (tertiary/aromatic N) is 1. The van der Waals surface area contributed by atoms with Gasteiger partial charge in [0.1, 0.15) is 0 Å². The van der Waals surface area contributed by atoms with Gasteiger partial charge in [0.05, 0.1) is 18.8 Å². The highest BCUT2D eigenvalue weighted by Crippen LogP contribution is 2.01. The van der Waals surface area contributed by atoms with Crippen LogP contribution >= 0.6 is 0 Å². The van der Waals surface area contributed by atoms with Crippen LogP contribution in [-0.4, -0.2) is 37.7 Å². The Balaban J connectivity index is 2.19. The van der Waals surface area contributed by atoms with E-state index >= 15 is 0 Å². The Bertz CT molecular complexity index is 355. The van der Waals surface area contributed by atoms with Gasteiger partial charge in [-0.1, -0.05) is 6.07 Å². The third kappa shape index (κ3) is 5.42. The molecule has 1 aromatic heterocycles. The molecule has 0 unspecified atom stereocenters. The van der Waals surface area contributed by atoms with E-state index in [0.717, 1.165) is 11.3 Å². The maximum Gasteiger partial charge on any atom is 0.234 e. The van der Waals surface area contributed by atoms with E-state index in [9.17, 15) is 4.79 Å². The fourth-order valence-electron chi connectivity index (χ4n) is 1.35. The average molecular weight is 237 g/mol. The average Bonchev–Trinajstić information content (AvgIpc) is 2.32. The minimum Gasteiger partial charge on any atom is -0.383 e. The van der Waals surface area contributed by atoms with Gasteiger partial charge in [0.15, 0.2) is 0 Å². The Hall–Kier alpha value is -1.46. The molecule has 0 aliphatic carbocycles. The number of amides is 1. The molecular weight excluding hydrogens is 218 g/mol. The lowest BCUT2D eigenvalue weighted by Gasteiger charge is -2.07. The minimum atomic E-state index is -0.0318. The van der Waals surface area contributed by atoms with Crippen LogP contribution in [0.1, 0.15) is 11.3 Å². The van der Waals surface area contributed by atoms with E-state index in [2.05, 4.69) is 15.6 Å². The summed E-state index contributed by atoms with van der Waals surface area (Å²) in [5, 5.41) is 5.79. The first-order valence-electron chi connectivity index (χ1n) is 5.61. The molecule has 0 aliphatic heterocycles. The van der Waals surface area contributed by atoms with Crippen LogP contribution in [0.2, 0.25) is 0 Å². The zero-order chi connectivity index (χ0) is 12.5. The molecule has 0 fully saturated rings. The van der Waals surface area contributed by atoms with Gasteiger partial charge in [0, 0.05) is 26.4 Å². The molecule has 0 saturated heterocycles. The molecule has 2 N–H and O–H groups in total. The number of pyridine rings is 1. The molecule has 0 atom stereocenters. The van der Waals surface area contributed by atoms with Crippen molar-refractivity contribution < 1.29 is 9.53 Å². The first-order chi connectivity index (χ1) is 8.24. The summed E-state index contributed by atoms with van der Waals surface area (Å²) in [6.45, 7) is 3.97. The van der Waals surface area contributed by atoms with Gasteiger partial charge in [-0.25, -0.2) is 0 Å². The maximum atomic E-state index is 11.3. The van der Waals surface area contributed by atoms with Crippen molar-refractivity contribution in [3.63, 3.8) is 0 Å². The molecular formula is C12H19N3O2. The lowest BCUT2D eigenvalue weighted by atomic mass is 10.2. The van der Waals surface area contributed by atoms with Crippen LogP contribution in [-0.2, 0) is 16.1 Å². The number of hydrogen-bond acceptors (Lipinski definition) is 4. The van der Waals surface area contributed by atoms with Crippen molar-refractivity contribution in [1.29, 1.82) is 0 Å². The predicted octanol–water partition coefficient (Wildman–Crippen LogP) is 0.242. The first kappa shape index (κ1) is 13.6. The van der Waals surface area contributed by atoms with Crippen LogP contribution < -0.4 is 10.6 Å². The number of carbonyl (C=O) groups excluding carboxylic acids is 1. The van der Waals surface area contributed by atoms with Crippen molar-refractivity contribution in [2.24, 2.45) is 0 Å². The number of aromatic nitrogens is 1. The van der Waals surface area contributed by atoms with Gasteiger partial charge >= 0.3 is 0 Å². The molecule has 1 heterocycles. The van der Waals surface area contributed by atoms with Crippen molar-refractivity contribution >= 4 is 5.91 Å². The number of methoxy groups -OCH3 is 1. The summed E-state index contributed by atoms with van der Waals surface area (Å²) in [5.74, 6) is -0.0318. The molecule has 0 radical (unpaired) electrons. The van der Waals surface area contributed by atoms with Gasteiger partial charge in [-0.15, -0.1) is 0 Å². The van der Waals surface area contributed by atoms with Crippen molar-refractivity contribution in [2.45, 2.75) is 13.5 Å². The van der Waals surface area contributed by atoms with E-state index in [1.807, 2.05) is 19.1 Å². The molecule has 5 nitrogen and oxygen atoms in total. The summed E-state index contributed by atoms with van der Waals surface area (Å²) in [6.07, 6.45) is 1.75. The fraction of sp³-hybridized carbons (Fsp3) is 0.500.